The number of rotatable bonds is 5. The quantitative estimate of drug-likeness (QED) is 0.546. The van der Waals surface area contributed by atoms with E-state index in [2.05, 4.69) is 41.0 Å². The fourth-order valence-corrected chi connectivity index (χ4v) is 4.21. The maximum Gasteiger partial charge on any atom is 0.305 e. The van der Waals surface area contributed by atoms with Crippen molar-refractivity contribution < 1.29 is 9.53 Å². The summed E-state index contributed by atoms with van der Waals surface area (Å²) in [5.74, 6) is -0.174. The molecule has 0 unspecified atom stereocenters. The topological polar surface area (TPSA) is 31.2 Å². The summed E-state index contributed by atoms with van der Waals surface area (Å²) in [6.45, 7) is 0.999. The van der Waals surface area contributed by atoms with Crippen molar-refractivity contribution >= 4 is 17.6 Å². The van der Waals surface area contributed by atoms with Crippen molar-refractivity contribution in [3.05, 3.63) is 71.0 Å². The van der Waals surface area contributed by atoms with Gasteiger partial charge < -0.3 is 9.30 Å². The number of hydrogen-bond acceptors (Lipinski definition) is 2. The molecule has 3 nitrogen and oxygen atoms in total. The van der Waals surface area contributed by atoms with Gasteiger partial charge in [0.2, 0.25) is 0 Å². The van der Waals surface area contributed by atoms with E-state index in [0.717, 1.165) is 30.0 Å². The summed E-state index contributed by atoms with van der Waals surface area (Å²) in [6.07, 6.45) is 3.25. The lowest BCUT2D eigenvalue weighted by Crippen LogP contribution is -2.06. The van der Waals surface area contributed by atoms with Crippen LogP contribution in [0.4, 0.5) is 0 Å². The molecule has 1 aromatic heterocycles. The molecule has 0 radical (unpaired) electrons. The highest BCUT2D eigenvalue weighted by Gasteiger charge is 2.27. The molecule has 4 rings (SSSR count). The smallest absolute Gasteiger partial charge is 0.305 e. The van der Waals surface area contributed by atoms with Gasteiger partial charge in [0, 0.05) is 34.1 Å². The minimum Gasteiger partial charge on any atom is -0.469 e. The Hall–Kier alpha value is -2.52. The number of halogens is 1. The molecule has 0 atom stereocenters. The molecule has 0 saturated carbocycles. The number of fused-ring (bicyclic) bond motifs is 1. The van der Waals surface area contributed by atoms with Crippen LogP contribution in [0.1, 0.15) is 24.2 Å². The lowest BCUT2D eigenvalue weighted by molar-refractivity contribution is -0.140. The summed E-state index contributed by atoms with van der Waals surface area (Å²) in [7, 11) is 1.44. The Balaban J connectivity index is 1.92. The van der Waals surface area contributed by atoms with E-state index in [-0.39, 0.29) is 5.97 Å². The Kier molecular flexibility index (Phi) is 5.04. The van der Waals surface area contributed by atoms with E-state index in [1.54, 1.807) is 0 Å². The van der Waals surface area contributed by atoms with Crippen LogP contribution in [0.2, 0.25) is 5.02 Å². The maximum absolute atomic E-state index is 11.8. The highest BCUT2D eigenvalue weighted by molar-refractivity contribution is 6.30. The van der Waals surface area contributed by atoms with Crippen LogP contribution in [0.15, 0.2) is 54.6 Å². The molecule has 0 bridgehead atoms. The van der Waals surface area contributed by atoms with E-state index in [4.69, 9.17) is 16.3 Å². The summed E-state index contributed by atoms with van der Waals surface area (Å²) in [4.78, 5) is 11.8. The van der Waals surface area contributed by atoms with Gasteiger partial charge in [0.1, 0.15) is 0 Å². The zero-order valence-corrected chi connectivity index (χ0v) is 16.1. The van der Waals surface area contributed by atoms with Crippen molar-refractivity contribution in [3.63, 3.8) is 0 Å². The van der Waals surface area contributed by atoms with E-state index in [9.17, 15) is 4.79 Å². The van der Waals surface area contributed by atoms with Crippen LogP contribution in [-0.2, 0) is 28.9 Å². The van der Waals surface area contributed by atoms with Crippen LogP contribution < -0.4 is 0 Å². The van der Waals surface area contributed by atoms with Crippen LogP contribution in [0.25, 0.3) is 22.3 Å². The Morgan fingerprint density at radius 1 is 1.04 bits per heavy atom. The Labute approximate surface area is 164 Å². The van der Waals surface area contributed by atoms with Gasteiger partial charge in [-0.25, -0.2) is 0 Å². The Morgan fingerprint density at radius 2 is 1.74 bits per heavy atom. The molecule has 0 spiro atoms. The third-order valence-corrected chi connectivity index (χ3v) is 5.52. The molecule has 0 N–H and O–H groups in total. The molecule has 0 aliphatic carbocycles. The second-order valence-electron chi connectivity index (χ2n) is 6.85. The monoisotopic (exact) mass is 379 g/mol. The van der Waals surface area contributed by atoms with Crippen molar-refractivity contribution in [1.29, 1.82) is 0 Å². The van der Waals surface area contributed by atoms with Gasteiger partial charge in [0.15, 0.2) is 0 Å². The minimum atomic E-state index is -0.174. The molecule has 1 aliphatic heterocycles. The number of aromatic nitrogens is 1. The minimum absolute atomic E-state index is 0.174. The third-order valence-electron chi connectivity index (χ3n) is 5.26. The van der Waals surface area contributed by atoms with Crippen molar-refractivity contribution in [2.75, 3.05) is 7.11 Å². The summed E-state index contributed by atoms with van der Waals surface area (Å²) < 4.78 is 7.29. The van der Waals surface area contributed by atoms with Gasteiger partial charge >= 0.3 is 5.97 Å². The number of methoxy groups -OCH3 is 1. The molecule has 3 aromatic rings. The van der Waals surface area contributed by atoms with Gasteiger partial charge in [-0.3, -0.25) is 4.79 Å². The number of hydrogen-bond donors (Lipinski definition) is 0. The van der Waals surface area contributed by atoms with Gasteiger partial charge in [-0.15, -0.1) is 0 Å². The fourth-order valence-electron chi connectivity index (χ4n) is 4.08. The Bertz CT molecular complexity index is 958. The molecule has 4 heteroatoms. The van der Waals surface area contributed by atoms with Crippen LogP contribution in [0, 0.1) is 0 Å². The predicted molar refractivity (Wildman–Crippen MR) is 109 cm³/mol. The first-order valence-corrected chi connectivity index (χ1v) is 9.69. The molecule has 138 valence electrons. The molecule has 0 saturated heterocycles. The molecule has 27 heavy (non-hydrogen) atoms. The van der Waals surface area contributed by atoms with Crippen molar-refractivity contribution in [2.45, 2.75) is 32.2 Å². The molecule has 2 aromatic carbocycles. The van der Waals surface area contributed by atoms with Gasteiger partial charge in [-0.2, -0.15) is 0 Å². The number of carbonyl (C=O) groups excluding carboxylic acids is 1. The summed E-state index contributed by atoms with van der Waals surface area (Å²) in [5, 5.41) is 0.725. The van der Waals surface area contributed by atoms with E-state index < -0.39 is 0 Å². The van der Waals surface area contributed by atoms with Gasteiger partial charge in [0.05, 0.1) is 13.5 Å². The molecular formula is C23H22ClNO2. The molecule has 1 aliphatic rings. The van der Waals surface area contributed by atoms with Gasteiger partial charge in [-0.1, -0.05) is 54.1 Å². The lowest BCUT2D eigenvalue weighted by Gasteiger charge is -2.11. The van der Waals surface area contributed by atoms with Crippen molar-refractivity contribution in [1.82, 2.24) is 4.57 Å². The standard InChI is InChI=1S/C23H22ClNO2/c1-27-21(26)14-13-20-23(17-9-11-18(24)12-10-17)22(16-6-3-2-4-7-16)19-8-5-15-25(19)20/h2-4,6-7,9-12H,5,8,13-15H2,1H3. The van der Waals surface area contributed by atoms with Crippen LogP contribution >= 0.6 is 11.6 Å². The second kappa shape index (κ2) is 7.61. The zero-order valence-electron chi connectivity index (χ0n) is 15.4. The van der Waals surface area contributed by atoms with Crippen molar-refractivity contribution in [2.24, 2.45) is 0 Å². The molecule has 0 fully saturated rings. The Morgan fingerprint density at radius 3 is 2.44 bits per heavy atom. The third kappa shape index (κ3) is 3.40. The predicted octanol–water partition coefficient (Wildman–Crippen LogP) is 5.53. The zero-order chi connectivity index (χ0) is 18.8. The number of benzene rings is 2. The first-order valence-electron chi connectivity index (χ1n) is 9.31. The van der Waals surface area contributed by atoms with Crippen LogP contribution in [0.5, 0.6) is 0 Å². The molecule has 2 heterocycles. The van der Waals surface area contributed by atoms with Crippen molar-refractivity contribution in [3.8, 4) is 22.3 Å². The fraction of sp³-hybridized carbons (Fsp3) is 0.261. The average Bonchev–Trinajstić information content (AvgIpc) is 3.28. The number of ether oxygens (including phenoxy) is 1. The lowest BCUT2D eigenvalue weighted by atomic mass is 9.93. The number of nitrogens with zero attached hydrogens (tertiary/aromatic N) is 1. The summed E-state index contributed by atoms with van der Waals surface area (Å²) in [5.41, 5.74) is 7.45. The van der Waals surface area contributed by atoms with Crippen LogP contribution in [-0.4, -0.2) is 17.6 Å². The highest BCUT2D eigenvalue weighted by atomic mass is 35.5. The normalized spacial score (nSPS) is 12.8. The number of carbonyl (C=O) groups is 1. The van der Waals surface area contributed by atoms with E-state index in [0.29, 0.717) is 12.8 Å². The van der Waals surface area contributed by atoms with Gasteiger partial charge in [0.25, 0.3) is 0 Å². The summed E-state index contributed by atoms with van der Waals surface area (Å²) in [6, 6.07) is 18.5. The summed E-state index contributed by atoms with van der Waals surface area (Å²) >= 11 is 6.13. The second-order valence-corrected chi connectivity index (χ2v) is 7.28. The highest BCUT2D eigenvalue weighted by Crippen LogP contribution is 2.43. The van der Waals surface area contributed by atoms with Gasteiger partial charge in [-0.05, 0) is 42.5 Å². The average molecular weight is 380 g/mol. The maximum atomic E-state index is 11.8. The van der Waals surface area contributed by atoms with E-state index in [1.165, 1.54) is 35.2 Å². The van der Waals surface area contributed by atoms with E-state index >= 15 is 0 Å². The molecule has 0 amide bonds. The first kappa shape index (κ1) is 17.9. The molecular weight excluding hydrogens is 358 g/mol. The van der Waals surface area contributed by atoms with Crippen LogP contribution in [0.3, 0.4) is 0 Å². The largest absolute Gasteiger partial charge is 0.469 e. The van der Waals surface area contributed by atoms with E-state index in [1.807, 2.05) is 18.2 Å². The first-order chi connectivity index (χ1) is 13.2. The number of esters is 1. The SMILES string of the molecule is COC(=O)CCc1c(-c2ccc(Cl)cc2)c(-c2ccccc2)c2n1CCC2.